The summed E-state index contributed by atoms with van der Waals surface area (Å²) in [4.78, 5) is 30.9. The Morgan fingerprint density at radius 3 is 2.82 bits per heavy atom. The van der Waals surface area contributed by atoms with Crippen molar-refractivity contribution < 1.29 is 9.21 Å². The van der Waals surface area contributed by atoms with Crippen molar-refractivity contribution in [2.75, 3.05) is 13.6 Å². The fourth-order valence-electron chi connectivity index (χ4n) is 3.09. The molecule has 0 aliphatic carbocycles. The third-order valence-corrected chi connectivity index (χ3v) is 4.66. The molecule has 0 atom stereocenters. The molecule has 0 aliphatic heterocycles. The lowest BCUT2D eigenvalue weighted by Gasteiger charge is -2.18. The maximum Gasteiger partial charge on any atom is 0.344 e. The van der Waals surface area contributed by atoms with Crippen LogP contribution in [-0.4, -0.2) is 34.0 Å². The van der Waals surface area contributed by atoms with E-state index in [1.165, 1.54) is 0 Å². The Balaban J connectivity index is 1.60. The normalized spacial score (nSPS) is 10.9. The van der Waals surface area contributed by atoms with Gasteiger partial charge in [0.15, 0.2) is 0 Å². The molecule has 0 N–H and O–H groups in total. The number of likely N-dealkylation sites (N-methyl/N-ethyl adjacent to an activating group) is 1. The van der Waals surface area contributed by atoms with Crippen LogP contribution in [0.1, 0.15) is 10.4 Å². The number of hydrogen-bond acceptors (Lipinski definition) is 4. The maximum absolute atomic E-state index is 12.8. The molecule has 2 aromatic heterocycles. The number of rotatable bonds is 5. The quantitative estimate of drug-likeness (QED) is 0.503. The molecule has 0 saturated heterocycles. The average Bonchev–Trinajstić information content (AvgIpc) is 3.24. The zero-order chi connectivity index (χ0) is 19.5. The summed E-state index contributed by atoms with van der Waals surface area (Å²) in [7, 11) is 1.76. The molecular formula is C22H19N3O3. The molecule has 2 heterocycles. The molecule has 0 fully saturated rings. The number of imidazole rings is 1. The first-order valence-electron chi connectivity index (χ1n) is 8.96. The molecule has 0 aliphatic rings. The fraction of sp³-hybridized carbons (Fsp3) is 0.136. The van der Waals surface area contributed by atoms with Crippen LogP contribution in [0.2, 0.25) is 0 Å². The van der Waals surface area contributed by atoms with Crippen molar-refractivity contribution in [1.82, 2.24) is 14.5 Å². The highest BCUT2D eigenvalue weighted by atomic mass is 16.4. The van der Waals surface area contributed by atoms with E-state index in [1.54, 1.807) is 54.8 Å². The molecule has 0 saturated carbocycles. The Morgan fingerprint density at radius 1 is 1.14 bits per heavy atom. The minimum atomic E-state index is -0.420. The average molecular weight is 373 g/mol. The molecule has 4 rings (SSSR count). The van der Waals surface area contributed by atoms with Crippen LogP contribution in [0.15, 0.2) is 82.5 Å². The van der Waals surface area contributed by atoms with Crippen molar-refractivity contribution >= 4 is 16.9 Å². The summed E-state index contributed by atoms with van der Waals surface area (Å²) in [6.07, 6.45) is 5.29. The van der Waals surface area contributed by atoms with E-state index in [-0.39, 0.29) is 5.91 Å². The first kappa shape index (κ1) is 17.7. The SMILES string of the molecule is CN(CCn1ccnc1)C(=O)c1cccc(-c2cc3ccccc3oc2=O)c1. The van der Waals surface area contributed by atoms with Crippen molar-refractivity contribution in [3.63, 3.8) is 0 Å². The van der Waals surface area contributed by atoms with Gasteiger partial charge in [0, 0.05) is 43.5 Å². The van der Waals surface area contributed by atoms with Crippen LogP contribution in [0.25, 0.3) is 22.1 Å². The Labute approximate surface area is 161 Å². The number of nitrogens with zero attached hydrogens (tertiary/aromatic N) is 3. The van der Waals surface area contributed by atoms with E-state index in [2.05, 4.69) is 4.98 Å². The monoisotopic (exact) mass is 373 g/mol. The largest absolute Gasteiger partial charge is 0.422 e. The van der Waals surface area contributed by atoms with Crippen molar-refractivity contribution in [2.45, 2.75) is 6.54 Å². The van der Waals surface area contributed by atoms with Crippen LogP contribution in [0.3, 0.4) is 0 Å². The Morgan fingerprint density at radius 2 is 2.00 bits per heavy atom. The van der Waals surface area contributed by atoms with E-state index in [9.17, 15) is 9.59 Å². The third-order valence-electron chi connectivity index (χ3n) is 4.66. The lowest BCUT2D eigenvalue weighted by Crippen LogP contribution is -2.29. The summed E-state index contributed by atoms with van der Waals surface area (Å²) in [5.74, 6) is -0.104. The number of fused-ring (bicyclic) bond motifs is 1. The predicted molar refractivity (Wildman–Crippen MR) is 107 cm³/mol. The van der Waals surface area contributed by atoms with Gasteiger partial charge in [-0.2, -0.15) is 0 Å². The van der Waals surface area contributed by atoms with Gasteiger partial charge >= 0.3 is 5.63 Å². The van der Waals surface area contributed by atoms with Crippen LogP contribution in [0, 0.1) is 0 Å². The maximum atomic E-state index is 12.8. The standard InChI is InChI=1S/C22H19N3O3/c1-24(11-12-25-10-9-23-15-25)21(26)18-7-4-6-16(13-18)19-14-17-5-2-3-8-20(17)28-22(19)27/h2-10,13-15H,11-12H2,1H3. The highest BCUT2D eigenvalue weighted by molar-refractivity contribution is 5.95. The molecule has 0 radical (unpaired) electrons. The van der Waals surface area contributed by atoms with E-state index >= 15 is 0 Å². The highest BCUT2D eigenvalue weighted by Crippen LogP contribution is 2.22. The van der Waals surface area contributed by atoms with Crippen molar-refractivity contribution in [3.8, 4) is 11.1 Å². The summed E-state index contributed by atoms with van der Waals surface area (Å²) in [6.45, 7) is 1.22. The summed E-state index contributed by atoms with van der Waals surface area (Å²) >= 11 is 0. The van der Waals surface area contributed by atoms with Crippen LogP contribution in [0.4, 0.5) is 0 Å². The van der Waals surface area contributed by atoms with Crippen LogP contribution in [0.5, 0.6) is 0 Å². The van der Waals surface area contributed by atoms with E-state index in [0.717, 1.165) is 5.39 Å². The molecule has 4 aromatic rings. The Hall–Kier alpha value is -3.67. The smallest absolute Gasteiger partial charge is 0.344 e. The van der Waals surface area contributed by atoms with Gasteiger partial charge in [0.05, 0.1) is 11.9 Å². The van der Waals surface area contributed by atoms with Gasteiger partial charge in [0.1, 0.15) is 5.58 Å². The van der Waals surface area contributed by atoms with Gasteiger partial charge < -0.3 is 13.9 Å². The van der Waals surface area contributed by atoms with Gasteiger partial charge in [0.2, 0.25) is 0 Å². The minimum absolute atomic E-state index is 0.104. The number of amides is 1. The van der Waals surface area contributed by atoms with Crippen LogP contribution in [-0.2, 0) is 6.54 Å². The molecule has 140 valence electrons. The molecule has 0 unspecified atom stereocenters. The fourth-order valence-corrected chi connectivity index (χ4v) is 3.09. The molecule has 0 spiro atoms. The van der Waals surface area contributed by atoms with Crippen molar-refractivity contribution in [2.24, 2.45) is 0 Å². The molecule has 2 aromatic carbocycles. The highest BCUT2D eigenvalue weighted by Gasteiger charge is 2.14. The van der Waals surface area contributed by atoms with Gasteiger partial charge in [-0.1, -0.05) is 30.3 Å². The molecule has 1 amide bonds. The number of para-hydroxylation sites is 1. The number of aromatic nitrogens is 2. The Bertz CT molecular complexity index is 1180. The Kier molecular flexibility index (Phi) is 4.76. The number of benzene rings is 2. The second-order valence-electron chi connectivity index (χ2n) is 6.59. The van der Waals surface area contributed by atoms with E-state index in [0.29, 0.717) is 35.4 Å². The van der Waals surface area contributed by atoms with E-state index < -0.39 is 5.63 Å². The topological polar surface area (TPSA) is 68.3 Å². The first-order valence-corrected chi connectivity index (χ1v) is 8.96. The summed E-state index contributed by atoms with van der Waals surface area (Å²) in [5.41, 5.74) is 1.75. The number of hydrogen-bond donors (Lipinski definition) is 0. The van der Waals surface area contributed by atoms with Crippen molar-refractivity contribution in [1.29, 1.82) is 0 Å². The van der Waals surface area contributed by atoms with Gasteiger partial charge in [-0.15, -0.1) is 0 Å². The van der Waals surface area contributed by atoms with E-state index in [4.69, 9.17) is 4.42 Å². The molecule has 0 bridgehead atoms. The first-order chi connectivity index (χ1) is 13.6. The zero-order valence-corrected chi connectivity index (χ0v) is 15.4. The number of carbonyl (C=O) groups is 1. The zero-order valence-electron chi connectivity index (χ0n) is 15.4. The third kappa shape index (κ3) is 3.57. The predicted octanol–water partition coefficient (Wildman–Crippen LogP) is 3.43. The van der Waals surface area contributed by atoms with E-state index in [1.807, 2.05) is 35.0 Å². The second kappa shape index (κ2) is 7.52. The molecule has 28 heavy (non-hydrogen) atoms. The minimum Gasteiger partial charge on any atom is -0.422 e. The van der Waals surface area contributed by atoms with Gasteiger partial charge in [-0.05, 0) is 29.8 Å². The van der Waals surface area contributed by atoms with Crippen molar-refractivity contribution in [3.05, 3.63) is 89.3 Å². The number of carbonyl (C=O) groups excluding carboxylic acids is 1. The van der Waals surface area contributed by atoms with Gasteiger partial charge in [0.25, 0.3) is 5.91 Å². The lowest BCUT2D eigenvalue weighted by molar-refractivity contribution is 0.0790. The molecule has 6 nitrogen and oxygen atoms in total. The second-order valence-corrected chi connectivity index (χ2v) is 6.59. The summed E-state index contributed by atoms with van der Waals surface area (Å²) < 4.78 is 7.33. The molecule has 6 heteroatoms. The molecular weight excluding hydrogens is 354 g/mol. The van der Waals surface area contributed by atoms with Crippen LogP contribution >= 0.6 is 0 Å². The van der Waals surface area contributed by atoms with Gasteiger partial charge in [-0.25, -0.2) is 9.78 Å². The lowest BCUT2D eigenvalue weighted by atomic mass is 10.0. The summed E-state index contributed by atoms with van der Waals surface area (Å²) in [6, 6.07) is 16.2. The van der Waals surface area contributed by atoms with Crippen LogP contribution < -0.4 is 5.63 Å². The summed E-state index contributed by atoms with van der Waals surface area (Å²) in [5, 5.41) is 0.839. The van der Waals surface area contributed by atoms with Gasteiger partial charge in [-0.3, -0.25) is 4.79 Å².